The van der Waals surface area contributed by atoms with Crippen molar-refractivity contribution in [3.63, 3.8) is 0 Å². The van der Waals surface area contributed by atoms with Crippen molar-refractivity contribution in [1.29, 1.82) is 0 Å². The van der Waals surface area contributed by atoms with Gasteiger partial charge in [0.25, 0.3) is 0 Å². The van der Waals surface area contributed by atoms with Crippen LogP contribution in [0.25, 0.3) is 10.9 Å². The number of rotatable bonds is 3. The fraction of sp³-hybridized carbons (Fsp3) is 0.333. The molecule has 2 N–H and O–H groups in total. The number of fused-ring (bicyclic) bond motifs is 1. The lowest BCUT2D eigenvalue weighted by atomic mass is 10.1. The van der Waals surface area contributed by atoms with Crippen molar-refractivity contribution in [2.75, 3.05) is 6.54 Å². The van der Waals surface area contributed by atoms with E-state index in [4.69, 9.17) is 5.73 Å². The van der Waals surface area contributed by atoms with Gasteiger partial charge in [-0.1, -0.05) is 18.2 Å². The highest BCUT2D eigenvalue weighted by atomic mass is 79.9. The molecule has 18 heavy (non-hydrogen) atoms. The number of hydrogen-bond acceptors (Lipinski definition) is 1. The van der Waals surface area contributed by atoms with Crippen molar-refractivity contribution in [2.24, 2.45) is 11.7 Å². The standard InChI is InChI=1S/C12H12BrF3N2/c13-10-7-18(6-8(5-17)12(14,15)16)11-4-2-1-3-9(10)11/h1-4,7-8H,5-6,17H2. The van der Waals surface area contributed by atoms with Crippen molar-refractivity contribution in [3.05, 3.63) is 34.9 Å². The summed E-state index contributed by atoms with van der Waals surface area (Å²) >= 11 is 3.35. The van der Waals surface area contributed by atoms with Crippen LogP contribution in [0.1, 0.15) is 0 Å². The van der Waals surface area contributed by atoms with Crippen LogP contribution in [0, 0.1) is 5.92 Å². The van der Waals surface area contributed by atoms with Gasteiger partial charge in [0.2, 0.25) is 0 Å². The number of alkyl halides is 3. The average molecular weight is 321 g/mol. The quantitative estimate of drug-likeness (QED) is 0.921. The van der Waals surface area contributed by atoms with Crippen LogP contribution in [0.5, 0.6) is 0 Å². The summed E-state index contributed by atoms with van der Waals surface area (Å²) in [6.45, 7) is -0.570. The van der Waals surface area contributed by atoms with E-state index in [-0.39, 0.29) is 6.54 Å². The molecular formula is C12H12BrF3N2. The van der Waals surface area contributed by atoms with E-state index in [9.17, 15) is 13.2 Å². The summed E-state index contributed by atoms with van der Waals surface area (Å²) in [6.07, 6.45) is -2.61. The van der Waals surface area contributed by atoms with Gasteiger partial charge in [-0.25, -0.2) is 0 Å². The first-order valence-corrected chi connectivity index (χ1v) is 6.23. The Kier molecular flexibility index (Phi) is 3.68. The Balaban J connectivity index is 2.37. The van der Waals surface area contributed by atoms with E-state index >= 15 is 0 Å². The Morgan fingerprint density at radius 1 is 1.28 bits per heavy atom. The second-order valence-corrected chi connectivity index (χ2v) is 4.98. The van der Waals surface area contributed by atoms with Crippen molar-refractivity contribution in [3.8, 4) is 0 Å². The third kappa shape index (κ3) is 2.54. The molecule has 0 spiro atoms. The van der Waals surface area contributed by atoms with E-state index in [2.05, 4.69) is 15.9 Å². The van der Waals surface area contributed by atoms with E-state index in [1.54, 1.807) is 22.9 Å². The largest absolute Gasteiger partial charge is 0.394 e. The Morgan fingerprint density at radius 2 is 1.94 bits per heavy atom. The molecule has 0 saturated carbocycles. The molecule has 1 aromatic heterocycles. The van der Waals surface area contributed by atoms with Crippen molar-refractivity contribution >= 4 is 26.8 Å². The fourth-order valence-corrected chi connectivity index (χ4v) is 2.48. The highest BCUT2D eigenvalue weighted by Crippen LogP contribution is 2.31. The molecular weight excluding hydrogens is 309 g/mol. The van der Waals surface area contributed by atoms with Gasteiger partial charge in [-0.15, -0.1) is 0 Å². The number of aromatic nitrogens is 1. The summed E-state index contributed by atoms with van der Waals surface area (Å²) in [4.78, 5) is 0. The molecule has 1 unspecified atom stereocenters. The summed E-state index contributed by atoms with van der Waals surface area (Å²) in [5.41, 5.74) is 5.98. The number of nitrogens with two attached hydrogens (primary N) is 1. The maximum atomic E-state index is 12.7. The fourth-order valence-electron chi connectivity index (χ4n) is 1.90. The molecule has 1 aromatic carbocycles. The third-order valence-corrected chi connectivity index (χ3v) is 3.54. The van der Waals surface area contributed by atoms with E-state index in [1.165, 1.54) is 0 Å². The van der Waals surface area contributed by atoms with Gasteiger partial charge >= 0.3 is 6.18 Å². The monoisotopic (exact) mass is 320 g/mol. The molecule has 0 radical (unpaired) electrons. The van der Waals surface area contributed by atoms with Crippen molar-refractivity contribution < 1.29 is 13.2 Å². The first kappa shape index (κ1) is 13.4. The van der Waals surface area contributed by atoms with Crippen LogP contribution in [-0.2, 0) is 6.54 Å². The van der Waals surface area contributed by atoms with Crippen LogP contribution in [0.2, 0.25) is 0 Å². The highest BCUT2D eigenvalue weighted by Gasteiger charge is 2.38. The molecule has 1 atom stereocenters. The van der Waals surface area contributed by atoms with E-state index in [0.29, 0.717) is 0 Å². The normalized spacial score (nSPS) is 14.1. The van der Waals surface area contributed by atoms with Gasteiger partial charge in [-0.2, -0.15) is 13.2 Å². The second kappa shape index (κ2) is 4.93. The smallest absolute Gasteiger partial charge is 0.346 e. The molecule has 98 valence electrons. The van der Waals surface area contributed by atoms with Gasteiger partial charge in [0.1, 0.15) is 0 Å². The summed E-state index contributed by atoms with van der Waals surface area (Å²) in [6, 6.07) is 7.31. The minimum atomic E-state index is -4.27. The zero-order chi connectivity index (χ0) is 13.3. The molecule has 0 saturated heterocycles. The summed E-state index contributed by atoms with van der Waals surface area (Å²) < 4.78 is 40.5. The number of para-hydroxylation sites is 1. The van der Waals surface area contributed by atoms with E-state index < -0.39 is 18.6 Å². The molecule has 6 heteroatoms. The molecule has 0 amide bonds. The van der Waals surface area contributed by atoms with E-state index in [0.717, 1.165) is 15.4 Å². The van der Waals surface area contributed by atoms with Gasteiger partial charge in [0, 0.05) is 34.7 Å². The summed E-state index contributed by atoms with van der Waals surface area (Å²) in [7, 11) is 0. The summed E-state index contributed by atoms with van der Waals surface area (Å²) in [5, 5.41) is 0.899. The summed E-state index contributed by atoms with van der Waals surface area (Å²) in [5.74, 6) is -1.53. The molecule has 0 aliphatic carbocycles. The van der Waals surface area contributed by atoms with Gasteiger partial charge in [-0.05, 0) is 22.0 Å². The molecule has 0 fully saturated rings. The van der Waals surface area contributed by atoms with Gasteiger partial charge in [-0.3, -0.25) is 0 Å². The lowest BCUT2D eigenvalue weighted by Gasteiger charge is -2.19. The molecule has 0 aliphatic rings. The maximum Gasteiger partial charge on any atom is 0.394 e. The van der Waals surface area contributed by atoms with Crippen molar-refractivity contribution in [1.82, 2.24) is 4.57 Å². The predicted octanol–water partition coefficient (Wildman–Crippen LogP) is 3.54. The van der Waals surface area contributed by atoms with Gasteiger partial charge in [0.05, 0.1) is 5.92 Å². The van der Waals surface area contributed by atoms with Crippen LogP contribution >= 0.6 is 15.9 Å². The lowest BCUT2D eigenvalue weighted by molar-refractivity contribution is -0.174. The topological polar surface area (TPSA) is 30.9 Å². The molecule has 2 aromatic rings. The van der Waals surface area contributed by atoms with Crippen LogP contribution in [-0.4, -0.2) is 17.3 Å². The number of halogens is 4. The minimum absolute atomic E-state index is 0.161. The molecule has 2 nitrogen and oxygen atoms in total. The molecule has 1 heterocycles. The Labute approximate surface area is 111 Å². The average Bonchev–Trinajstić information content (AvgIpc) is 2.62. The molecule has 0 aliphatic heterocycles. The van der Waals surface area contributed by atoms with Crippen LogP contribution in [0.15, 0.2) is 34.9 Å². The van der Waals surface area contributed by atoms with Gasteiger partial charge in [0.15, 0.2) is 0 Å². The lowest BCUT2D eigenvalue weighted by Crippen LogP contribution is -2.33. The maximum absolute atomic E-state index is 12.7. The Morgan fingerprint density at radius 3 is 2.56 bits per heavy atom. The Bertz CT molecular complexity index is 548. The predicted molar refractivity (Wildman–Crippen MR) is 68.2 cm³/mol. The SMILES string of the molecule is NCC(Cn1cc(Br)c2ccccc21)C(F)(F)F. The van der Waals surface area contributed by atoms with E-state index in [1.807, 2.05) is 12.1 Å². The minimum Gasteiger partial charge on any atom is -0.346 e. The first-order valence-electron chi connectivity index (χ1n) is 5.43. The van der Waals surface area contributed by atoms with Crippen LogP contribution in [0.4, 0.5) is 13.2 Å². The van der Waals surface area contributed by atoms with Gasteiger partial charge < -0.3 is 10.3 Å². The Hall–Kier alpha value is -1.01. The zero-order valence-electron chi connectivity index (χ0n) is 9.41. The number of hydrogen-bond donors (Lipinski definition) is 1. The molecule has 0 bridgehead atoms. The zero-order valence-corrected chi connectivity index (χ0v) is 11.0. The first-order chi connectivity index (χ1) is 8.43. The number of benzene rings is 1. The number of nitrogens with zero attached hydrogens (tertiary/aromatic N) is 1. The van der Waals surface area contributed by atoms with Crippen molar-refractivity contribution in [2.45, 2.75) is 12.7 Å². The van der Waals surface area contributed by atoms with Crippen LogP contribution < -0.4 is 5.73 Å². The highest BCUT2D eigenvalue weighted by molar-refractivity contribution is 9.10. The molecule has 2 rings (SSSR count). The second-order valence-electron chi connectivity index (χ2n) is 4.12. The third-order valence-electron chi connectivity index (χ3n) is 2.90. The van der Waals surface area contributed by atoms with Crippen LogP contribution in [0.3, 0.4) is 0 Å².